The molecule has 1 heterocycles. The number of hydrogen-bond donors (Lipinski definition) is 1. The van der Waals surface area contributed by atoms with Crippen molar-refractivity contribution in [3.05, 3.63) is 30.1 Å². The third-order valence-corrected chi connectivity index (χ3v) is 2.95. The fourth-order valence-corrected chi connectivity index (χ4v) is 1.89. The van der Waals surface area contributed by atoms with Crippen LogP contribution in [0.15, 0.2) is 24.5 Å². The van der Waals surface area contributed by atoms with Crippen molar-refractivity contribution in [2.45, 2.75) is 33.4 Å². The van der Waals surface area contributed by atoms with Gasteiger partial charge in [-0.05, 0) is 25.1 Å². The lowest BCUT2D eigenvalue weighted by Crippen LogP contribution is -2.29. The predicted octanol–water partition coefficient (Wildman–Crippen LogP) is 2.24. The minimum atomic E-state index is 0.108. The molecule has 1 aromatic heterocycles. The Labute approximate surface area is 107 Å². The molecule has 0 saturated heterocycles. The molecule has 1 aromatic carbocycles. The van der Waals surface area contributed by atoms with Crippen molar-refractivity contribution in [3.8, 4) is 0 Å². The van der Waals surface area contributed by atoms with Gasteiger partial charge in [0.15, 0.2) is 5.78 Å². The molecule has 0 radical (unpaired) electrons. The van der Waals surface area contributed by atoms with Crippen LogP contribution in [0.25, 0.3) is 11.0 Å². The number of fused-ring (bicyclic) bond motifs is 1. The standard InChI is InChI=1S/C14H19N3O/c1-4-17-9-16-12-7-11(5-6-13(12)17)14(18)8-15-10(2)3/h5-7,9-10,15H,4,8H2,1-3H3. The van der Waals surface area contributed by atoms with E-state index in [4.69, 9.17) is 0 Å². The van der Waals surface area contributed by atoms with E-state index < -0.39 is 0 Å². The Morgan fingerprint density at radius 2 is 2.22 bits per heavy atom. The average Bonchev–Trinajstić information content (AvgIpc) is 2.77. The van der Waals surface area contributed by atoms with Crippen molar-refractivity contribution >= 4 is 16.8 Å². The lowest BCUT2D eigenvalue weighted by atomic mass is 10.1. The Bertz CT molecular complexity index is 557. The summed E-state index contributed by atoms with van der Waals surface area (Å²) in [6.07, 6.45) is 1.81. The number of rotatable bonds is 5. The lowest BCUT2D eigenvalue weighted by Gasteiger charge is -2.07. The summed E-state index contributed by atoms with van der Waals surface area (Å²) in [6, 6.07) is 6.03. The zero-order valence-corrected chi connectivity index (χ0v) is 11.1. The first-order valence-electron chi connectivity index (χ1n) is 6.33. The molecule has 96 valence electrons. The number of benzene rings is 1. The monoisotopic (exact) mass is 245 g/mol. The van der Waals surface area contributed by atoms with Crippen LogP contribution in [0.4, 0.5) is 0 Å². The molecule has 0 spiro atoms. The summed E-state index contributed by atoms with van der Waals surface area (Å²) in [4.78, 5) is 16.3. The van der Waals surface area contributed by atoms with Gasteiger partial charge in [0.2, 0.25) is 0 Å². The SMILES string of the molecule is CCn1cnc2cc(C(=O)CNC(C)C)ccc21. The Balaban J connectivity index is 2.22. The molecule has 18 heavy (non-hydrogen) atoms. The van der Waals surface area contributed by atoms with Gasteiger partial charge in [0.25, 0.3) is 0 Å². The van der Waals surface area contributed by atoms with Gasteiger partial charge in [0, 0.05) is 18.2 Å². The van der Waals surface area contributed by atoms with Crippen LogP contribution >= 0.6 is 0 Å². The highest BCUT2D eigenvalue weighted by Crippen LogP contribution is 2.15. The Morgan fingerprint density at radius 1 is 1.44 bits per heavy atom. The first-order chi connectivity index (χ1) is 8.61. The van der Waals surface area contributed by atoms with E-state index >= 15 is 0 Å². The molecule has 4 nitrogen and oxygen atoms in total. The van der Waals surface area contributed by atoms with Gasteiger partial charge in [-0.3, -0.25) is 4.79 Å². The Kier molecular flexibility index (Phi) is 3.77. The fourth-order valence-electron chi connectivity index (χ4n) is 1.89. The van der Waals surface area contributed by atoms with Gasteiger partial charge in [-0.2, -0.15) is 0 Å². The van der Waals surface area contributed by atoms with Crippen LogP contribution in [0.5, 0.6) is 0 Å². The third-order valence-electron chi connectivity index (χ3n) is 2.95. The van der Waals surface area contributed by atoms with Crippen molar-refractivity contribution < 1.29 is 4.79 Å². The van der Waals surface area contributed by atoms with Gasteiger partial charge in [-0.25, -0.2) is 4.98 Å². The topological polar surface area (TPSA) is 46.9 Å². The first kappa shape index (κ1) is 12.8. The van der Waals surface area contributed by atoms with Crippen LogP contribution in [0.2, 0.25) is 0 Å². The highest BCUT2D eigenvalue weighted by molar-refractivity contribution is 6.00. The quantitative estimate of drug-likeness (QED) is 0.822. The van der Waals surface area contributed by atoms with Gasteiger partial charge in [0.1, 0.15) is 0 Å². The molecule has 1 N–H and O–H groups in total. The first-order valence-corrected chi connectivity index (χ1v) is 6.33. The van der Waals surface area contributed by atoms with Crippen molar-refractivity contribution in [1.29, 1.82) is 0 Å². The smallest absolute Gasteiger partial charge is 0.176 e. The van der Waals surface area contributed by atoms with Gasteiger partial charge >= 0.3 is 0 Å². The van der Waals surface area contributed by atoms with Crippen LogP contribution < -0.4 is 5.32 Å². The van der Waals surface area contributed by atoms with E-state index in [9.17, 15) is 4.79 Å². The summed E-state index contributed by atoms with van der Waals surface area (Å²) < 4.78 is 2.07. The Morgan fingerprint density at radius 3 is 2.89 bits per heavy atom. The van der Waals surface area contributed by atoms with Crippen molar-refractivity contribution in [1.82, 2.24) is 14.9 Å². The van der Waals surface area contributed by atoms with Crippen LogP contribution in [0.1, 0.15) is 31.1 Å². The van der Waals surface area contributed by atoms with E-state index in [1.807, 2.05) is 38.4 Å². The number of carbonyl (C=O) groups excluding carboxylic acids is 1. The normalized spacial score (nSPS) is 11.3. The van der Waals surface area contributed by atoms with Gasteiger partial charge < -0.3 is 9.88 Å². The lowest BCUT2D eigenvalue weighted by molar-refractivity contribution is 0.0988. The van der Waals surface area contributed by atoms with Crippen LogP contribution in [0, 0.1) is 0 Å². The number of ketones is 1. The largest absolute Gasteiger partial charge is 0.331 e. The zero-order chi connectivity index (χ0) is 13.1. The average molecular weight is 245 g/mol. The molecule has 0 fully saturated rings. The molecule has 0 aliphatic heterocycles. The van der Waals surface area contributed by atoms with E-state index in [0.717, 1.165) is 23.1 Å². The van der Waals surface area contributed by atoms with Crippen LogP contribution in [-0.4, -0.2) is 27.9 Å². The van der Waals surface area contributed by atoms with Gasteiger partial charge in [-0.15, -0.1) is 0 Å². The summed E-state index contributed by atoms with van der Waals surface area (Å²) in [5, 5.41) is 3.13. The fraction of sp³-hybridized carbons (Fsp3) is 0.429. The number of imidazole rings is 1. The van der Waals surface area contributed by atoms with Gasteiger partial charge in [0.05, 0.1) is 23.9 Å². The Hall–Kier alpha value is -1.68. The van der Waals surface area contributed by atoms with Crippen molar-refractivity contribution in [2.24, 2.45) is 0 Å². The van der Waals surface area contributed by atoms with E-state index in [0.29, 0.717) is 12.6 Å². The van der Waals surface area contributed by atoms with E-state index in [1.54, 1.807) is 0 Å². The maximum absolute atomic E-state index is 12.0. The molecule has 0 amide bonds. The van der Waals surface area contributed by atoms with Crippen LogP contribution in [-0.2, 0) is 6.54 Å². The maximum Gasteiger partial charge on any atom is 0.176 e. The van der Waals surface area contributed by atoms with E-state index in [-0.39, 0.29) is 5.78 Å². The molecule has 0 bridgehead atoms. The summed E-state index contributed by atoms with van der Waals surface area (Å²) in [5.74, 6) is 0.108. The zero-order valence-electron chi connectivity index (χ0n) is 11.1. The summed E-state index contributed by atoms with van der Waals surface area (Å²) in [6.45, 7) is 7.39. The second-order valence-corrected chi connectivity index (χ2v) is 4.69. The second-order valence-electron chi connectivity index (χ2n) is 4.69. The number of aryl methyl sites for hydroxylation is 1. The molecular formula is C14H19N3O. The minimum absolute atomic E-state index is 0.108. The second kappa shape index (κ2) is 5.31. The molecule has 2 rings (SSSR count). The molecule has 0 saturated carbocycles. The summed E-state index contributed by atoms with van der Waals surface area (Å²) in [5.41, 5.74) is 2.68. The summed E-state index contributed by atoms with van der Waals surface area (Å²) in [7, 11) is 0. The van der Waals surface area contributed by atoms with E-state index in [2.05, 4.69) is 21.8 Å². The number of nitrogens with zero attached hydrogens (tertiary/aromatic N) is 2. The highest BCUT2D eigenvalue weighted by Gasteiger charge is 2.09. The summed E-state index contributed by atoms with van der Waals surface area (Å²) >= 11 is 0. The third kappa shape index (κ3) is 2.59. The van der Waals surface area contributed by atoms with Crippen LogP contribution in [0.3, 0.4) is 0 Å². The highest BCUT2D eigenvalue weighted by atomic mass is 16.1. The molecular weight excluding hydrogens is 226 g/mol. The van der Waals surface area contributed by atoms with Gasteiger partial charge in [-0.1, -0.05) is 13.8 Å². The number of aromatic nitrogens is 2. The molecule has 0 atom stereocenters. The van der Waals surface area contributed by atoms with Crippen molar-refractivity contribution in [3.63, 3.8) is 0 Å². The number of hydrogen-bond acceptors (Lipinski definition) is 3. The molecule has 0 aliphatic carbocycles. The maximum atomic E-state index is 12.0. The minimum Gasteiger partial charge on any atom is -0.331 e. The number of Topliss-reactive ketones (excluding diaryl/α,β-unsaturated/α-hetero) is 1. The molecule has 0 aliphatic rings. The number of carbonyl (C=O) groups is 1. The molecule has 2 aromatic rings. The predicted molar refractivity (Wildman–Crippen MR) is 72.9 cm³/mol. The number of nitrogens with one attached hydrogen (secondary N) is 1. The molecule has 0 unspecified atom stereocenters. The molecule has 4 heteroatoms. The van der Waals surface area contributed by atoms with Crippen molar-refractivity contribution in [2.75, 3.05) is 6.54 Å². The van der Waals surface area contributed by atoms with E-state index in [1.165, 1.54) is 0 Å².